The second kappa shape index (κ2) is 8.30. The molecule has 1 aromatic rings. The molecule has 1 amide bonds. The summed E-state index contributed by atoms with van der Waals surface area (Å²) in [7, 11) is 3.44. The number of methoxy groups -OCH3 is 1. The summed E-state index contributed by atoms with van der Waals surface area (Å²) >= 11 is 0. The maximum absolute atomic E-state index is 12.2. The second-order valence-electron chi connectivity index (χ2n) is 4.16. The summed E-state index contributed by atoms with van der Waals surface area (Å²) in [5, 5.41) is 0. The molecular formula is C15H20N2O2. The number of carbonyl (C=O) groups excluding carboxylic acids is 1. The fourth-order valence-corrected chi connectivity index (χ4v) is 1.65. The fourth-order valence-electron chi connectivity index (χ4n) is 1.65. The van der Waals surface area contributed by atoms with Gasteiger partial charge in [0, 0.05) is 38.4 Å². The normalized spacial score (nSPS) is 9.63. The topological polar surface area (TPSA) is 55.6 Å². The molecule has 0 saturated heterocycles. The van der Waals surface area contributed by atoms with Gasteiger partial charge >= 0.3 is 0 Å². The van der Waals surface area contributed by atoms with Gasteiger partial charge in [-0.3, -0.25) is 4.79 Å². The van der Waals surface area contributed by atoms with E-state index in [-0.39, 0.29) is 5.91 Å². The Balaban J connectivity index is 2.70. The van der Waals surface area contributed by atoms with Crippen LogP contribution in [-0.2, 0) is 4.74 Å². The lowest BCUT2D eigenvalue weighted by Gasteiger charge is -2.17. The van der Waals surface area contributed by atoms with E-state index in [1.54, 1.807) is 31.2 Å². The maximum atomic E-state index is 12.2. The molecule has 1 rings (SSSR count). The molecule has 0 aliphatic heterocycles. The molecule has 0 unspecified atom stereocenters. The van der Waals surface area contributed by atoms with Crippen LogP contribution in [0.5, 0.6) is 0 Å². The molecule has 102 valence electrons. The van der Waals surface area contributed by atoms with Crippen molar-refractivity contribution in [3.63, 3.8) is 0 Å². The smallest absolute Gasteiger partial charge is 0.253 e. The Morgan fingerprint density at radius 2 is 2.26 bits per heavy atom. The van der Waals surface area contributed by atoms with Crippen molar-refractivity contribution in [1.82, 2.24) is 4.90 Å². The summed E-state index contributed by atoms with van der Waals surface area (Å²) in [6.07, 6.45) is 0.825. The first-order valence-corrected chi connectivity index (χ1v) is 6.22. The highest BCUT2D eigenvalue weighted by molar-refractivity contribution is 5.94. The van der Waals surface area contributed by atoms with Crippen LogP contribution in [0.2, 0.25) is 0 Å². The molecule has 0 radical (unpaired) electrons. The quantitative estimate of drug-likeness (QED) is 0.637. The molecule has 4 heteroatoms. The largest absolute Gasteiger partial charge is 0.385 e. The van der Waals surface area contributed by atoms with Crippen LogP contribution in [0.1, 0.15) is 22.3 Å². The standard InChI is InChI=1S/C15H20N2O2/c1-17(10-5-11-19-2)15(18)14-8-3-6-13(12-14)7-4-9-16/h3,6,8,12H,5,9-11,16H2,1-2H3. The molecule has 0 atom stereocenters. The third-order valence-electron chi connectivity index (χ3n) is 2.63. The van der Waals surface area contributed by atoms with E-state index in [9.17, 15) is 4.79 Å². The van der Waals surface area contributed by atoms with E-state index in [4.69, 9.17) is 10.5 Å². The van der Waals surface area contributed by atoms with Crippen molar-refractivity contribution < 1.29 is 9.53 Å². The Morgan fingerprint density at radius 1 is 1.47 bits per heavy atom. The van der Waals surface area contributed by atoms with Crippen molar-refractivity contribution in [3.05, 3.63) is 35.4 Å². The Bertz CT molecular complexity index is 475. The van der Waals surface area contributed by atoms with Gasteiger partial charge in [-0.1, -0.05) is 17.9 Å². The van der Waals surface area contributed by atoms with Gasteiger partial charge in [0.2, 0.25) is 0 Å². The van der Waals surface area contributed by atoms with Gasteiger partial charge in [-0.15, -0.1) is 0 Å². The highest BCUT2D eigenvalue weighted by Gasteiger charge is 2.11. The van der Waals surface area contributed by atoms with Gasteiger partial charge in [-0.05, 0) is 24.6 Å². The lowest BCUT2D eigenvalue weighted by Crippen LogP contribution is -2.28. The fraction of sp³-hybridized carbons (Fsp3) is 0.400. The lowest BCUT2D eigenvalue weighted by atomic mass is 10.1. The number of hydrogen-bond donors (Lipinski definition) is 1. The highest BCUT2D eigenvalue weighted by atomic mass is 16.5. The first-order valence-electron chi connectivity index (χ1n) is 6.22. The first-order chi connectivity index (χ1) is 9.19. The first kappa shape index (κ1) is 15.2. The number of nitrogens with zero attached hydrogens (tertiary/aromatic N) is 1. The van der Waals surface area contributed by atoms with E-state index in [1.807, 2.05) is 12.1 Å². The number of hydrogen-bond acceptors (Lipinski definition) is 3. The molecule has 0 aliphatic rings. The third-order valence-corrected chi connectivity index (χ3v) is 2.63. The van der Waals surface area contributed by atoms with E-state index in [0.717, 1.165) is 12.0 Å². The predicted octanol–water partition coefficient (Wildman–Crippen LogP) is 1.11. The Labute approximate surface area is 114 Å². The molecule has 0 bridgehead atoms. The summed E-state index contributed by atoms with van der Waals surface area (Å²) in [6.45, 7) is 1.64. The molecule has 4 nitrogen and oxygen atoms in total. The number of amides is 1. The summed E-state index contributed by atoms with van der Waals surface area (Å²) in [6, 6.07) is 7.28. The maximum Gasteiger partial charge on any atom is 0.253 e. The van der Waals surface area contributed by atoms with Crippen LogP contribution >= 0.6 is 0 Å². The van der Waals surface area contributed by atoms with Crippen LogP contribution < -0.4 is 5.73 Å². The van der Waals surface area contributed by atoms with Gasteiger partial charge in [-0.2, -0.15) is 0 Å². The van der Waals surface area contributed by atoms with Crippen LogP contribution in [0.25, 0.3) is 0 Å². The van der Waals surface area contributed by atoms with E-state index in [2.05, 4.69) is 11.8 Å². The summed E-state index contributed by atoms with van der Waals surface area (Å²) in [5.41, 5.74) is 6.78. The molecular weight excluding hydrogens is 240 g/mol. The zero-order valence-corrected chi connectivity index (χ0v) is 11.5. The zero-order valence-electron chi connectivity index (χ0n) is 11.5. The van der Waals surface area contributed by atoms with Crippen molar-refractivity contribution in [3.8, 4) is 11.8 Å². The molecule has 0 aromatic heterocycles. The summed E-state index contributed by atoms with van der Waals surface area (Å²) in [5.74, 6) is 5.70. The van der Waals surface area contributed by atoms with Crippen molar-refractivity contribution in [1.29, 1.82) is 0 Å². The van der Waals surface area contributed by atoms with Crippen LogP contribution in [-0.4, -0.2) is 44.7 Å². The molecule has 19 heavy (non-hydrogen) atoms. The molecule has 0 aliphatic carbocycles. The Kier molecular flexibility index (Phi) is 6.65. The summed E-state index contributed by atoms with van der Waals surface area (Å²) < 4.78 is 4.97. The number of rotatable bonds is 5. The minimum absolute atomic E-state index is 0.00694. The Hall–Kier alpha value is -1.83. The number of carbonyl (C=O) groups is 1. The van der Waals surface area contributed by atoms with Gasteiger partial charge in [0.25, 0.3) is 5.91 Å². The Morgan fingerprint density at radius 3 is 2.95 bits per heavy atom. The number of ether oxygens (including phenoxy) is 1. The minimum Gasteiger partial charge on any atom is -0.385 e. The zero-order chi connectivity index (χ0) is 14.1. The van der Waals surface area contributed by atoms with E-state index >= 15 is 0 Å². The van der Waals surface area contributed by atoms with Gasteiger partial charge in [0.1, 0.15) is 0 Å². The van der Waals surface area contributed by atoms with Gasteiger partial charge in [0.05, 0.1) is 6.54 Å². The molecule has 0 saturated carbocycles. The highest BCUT2D eigenvalue weighted by Crippen LogP contribution is 2.07. The number of nitrogens with two attached hydrogens (primary N) is 1. The van der Waals surface area contributed by atoms with Crippen LogP contribution in [0.15, 0.2) is 24.3 Å². The molecule has 1 aromatic carbocycles. The molecule has 0 fully saturated rings. The van der Waals surface area contributed by atoms with Crippen molar-refractivity contribution >= 4 is 5.91 Å². The SMILES string of the molecule is COCCCN(C)C(=O)c1cccc(C#CCN)c1. The minimum atomic E-state index is -0.00694. The molecule has 2 N–H and O–H groups in total. The number of benzene rings is 1. The van der Waals surface area contributed by atoms with Gasteiger partial charge in [-0.25, -0.2) is 0 Å². The van der Waals surface area contributed by atoms with E-state index < -0.39 is 0 Å². The average molecular weight is 260 g/mol. The van der Waals surface area contributed by atoms with Crippen LogP contribution in [0.4, 0.5) is 0 Å². The van der Waals surface area contributed by atoms with E-state index in [1.165, 1.54) is 0 Å². The van der Waals surface area contributed by atoms with Crippen molar-refractivity contribution in [2.75, 3.05) is 33.9 Å². The van der Waals surface area contributed by atoms with Crippen molar-refractivity contribution in [2.24, 2.45) is 5.73 Å². The monoisotopic (exact) mass is 260 g/mol. The molecule has 0 heterocycles. The van der Waals surface area contributed by atoms with E-state index in [0.29, 0.717) is 25.3 Å². The molecule has 0 spiro atoms. The third kappa shape index (κ3) is 5.12. The van der Waals surface area contributed by atoms with Crippen molar-refractivity contribution in [2.45, 2.75) is 6.42 Å². The van der Waals surface area contributed by atoms with Crippen LogP contribution in [0.3, 0.4) is 0 Å². The van der Waals surface area contributed by atoms with Gasteiger partial charge in [0.15, 0.2) is 0 Å². The second-order valence-corrected chi connectivity index (χ2v) is 4.16. The van der Waals surface area contributed by atoms with Gasteiger partial charge < -0.3 is 15.4 Å². The average Bonchev–Trinajstić information content (AvgIpc) is 2.44. The predicted molar refractivity (Wildman–Crippen MR) is 75.8 cm³/mol. The lowest BCUT2D eigenvalue weighted by molar-refractivity contribution is 0.0779. The van der Waals surface area contributed by atoms with Crippen LogP contribution in [0, 0.1) is 11.8 Å². The summed E-state index contributed by atoms with van der Waals surface area (Å²) in [4.78, 5) is 13.9.